The molecule has 0 saturated heterocycles. The Morgan fingerprint density at radius 3 is 2.74 bits per heavy atom. The Kier molecular flexibility index (Phi) is 6.19. The summed E-state index contributed by atoms with van der Waals surface area (Å²) in [5.41, 5.74) is 5.23. The fourth-order valence-electron chi connectivity index (χ4n) is 3.69. The van der Waals surface area contributed by atoms with Gasteiger partial charge in [-0.3, -0.25) is 13.8 Å². The number of nitrogens with one attached hydrogen (secondary N) is 1. The van der Waals surface area contributed by atoms with Gasteiger partial charge >= 0.3 is 5.69 Å². The number of hydrogen-bond acceptors (Lipinski definition) is 6. The van der Waals surface area contributed by atoms with Gasteiger partial charge in [0, 0.05) is 17.6 Å². The lowest BCUT2D eigenvalue weighted by Gasteiger charge is -2.09. The van der Waals surface area contributed by atoms with Crippen molar-refractivity contribution < 1.29 is 4.79 Å². The van der Waals surface area contributed by atoms with Crippen LogP contribution in [0.15, 0.2) is 83.1 Å². The summed E-state index contributed by atoms with van der Waals surface area (Å²) < 4.78 is 4.78. The zero-order valence-corrected chi connectivity index (χ0v) is 20.1. The molecular weight excluding hydrogens is 462 g/mol. The maximum atomic E-state index is 12.6. The number of hydrogen-bond donors (Lipinski definition) is 1. The highest BCUT2D eigenvalue weighted by Gasteiger charge is 2.12. The van der Waals surface area contributed by atoms with E-state index in [9.17, 15) is 9.59 Å². The van der Waals surface area contributed by atoms with Gasteiger partial charge in [0.15, 0.2) is 10.8 Å². The van der Waals surface area contributed by atoms with E-state index in [0.717, 1.165) is 11.3 Å². The largest absolute Gasteiger partial charge is 0.350 e. The van der Waals surface area contributed by atoms with Crippen LogP contribution >= 0.6 is 11.8 Å². The number of nitrogens with zero attached hydrogens (tertiary/aromatic N) is 6. The smallest absolute Gasteiger partial charge is 0.325 e. The van der Waals surface area contributed by atoms with E-state index >= 15 is 0 Å². The van der Waals surface area contributed by atoms with Crippen LogP contribution in [0.2, 0.25) is 0 Å². The van der Waals surface area contributed by atoms with Crippen molar-refractivity contribution in [1.82, 2.24) is 28.9 Å². The van der Waals surface area contributed by atoms with Crippen LogP contribution in [0.25, 0.3) is 11.3 Å². The number of carbonyl (C=O) groups is 1. The first kappa shape index (κ1) is 22.6. The van der Waals surface area contributed by atoms with E-state index in [1.54, 1.807) is 24.7 Å². The van der Waals surface area contributed by atoms with Crippen LogP contribution in [0, 0.1) is 13.8 Å². The molecule has 3 aromatic heterocycles. The van der Waals surface area contributed by atoms with Crippen molar-refractivity contribution in [2.75, 3.05) is 11.1 Å². The van der Waals surface area contributed by atoms with Gasteiger partial charge in [-0.2, -0.15) is 0 Å². The number of fused-ring (bicyclic) bond motifs is 1. The maximum Gasteiger partial charge on any atom is 0.350 e. The van der Waals surface area contributed by atoms with Crippen molar-refractivity contribution in [1.29, 1.82) is 0 Å². The molecule has 5 rings (SSSR count). The van der Waals surface area contributed by atoms with Crippen molar-refractivity contribution >= 4 is 29.0 Å². The van der Waals surface area contributed by atoms with Crippen molar-refractivity contribution in [3.8, 4) is 5.69 Å². The molecule has 10 heteroatoms. The third kappa shape index (κ3) is 4.87. The average Bonchev–Trinajstić information content (AvgIpc) is 3.44. The highest BCUT2D eigenvalue weighted by atomic mass is 32.2. The Bertz CT molecular complexity index is 1580. The van der Waals surface area contributed by atoms with Gasteiger partial charge < -0.3 is 5.32 Å². The van der Waals surface area contributed by atoms with Crippen LogP contribution in [0.4, 0.5) is 5.69 Å². The first-order valence-corrected chi connectivity index (χ1v) is 12.0. The van der Waals surface area contributed by atoms with Crippen LogP contribution in [-0.4, -0.2) is 40.6 Å². The number of benzene rings is 2. The summed E-state index contributed by atoms with van der Waals surface area (Å²) in [7, 11) is 0. The van der Waals surface area contributed by atoms with E-state index in [1.807, 2.05) is 41.0 Å². The summed E-state index contributed by atoms with van der Waals surface area (Å²) in [6.45, 7) is 4.43. The van der Waals surface area contributed by atoms with Crippen molar-refractivity contribution in [2.45, 2.75) is 25.5 Å². The van der Waals surface area contributed by atoms with Crippen molar-refractivity contribution in [3.63, 3.8) is 0 Å². The van der Waals surface area contributed by atoms with Gasteiger partial charge in [0.05, 0.1) is 12.3 Å². The molecule has 0 aliphatic carbocycles. The van der Waals surface area contributed by atoms with E-state index in [-0.39, 0.29) is 17.3 Å². The van der Waals surface area contributed by atoms with E-state index < -0.39 is 0 Å². The number of rotatable bonds is 7. The second-order valence-corrected chi connectivity index (χ2v) is 9.10. The zero-order valence-electron chi connectivity index (χ0n) is 19.3. The van der Waals surface area contributed by atoms with Gasteiger partial charge in [-0.15, -0.1) is 15.3 Å². The molecule has 1 amide bonds. The highest BCUT2D eigenvalue weighted by molar-refractivity contribution is 7.99. The second-order valence-electron chi connectivity index (χ2n) is 8.16. The topological polar surface area (TPSA) is 99.1 Å². The molecule has 5 aromatic rings. The van der Waals surface area contributed by atoms with Crippen molar-refractivity contribution in [3.05, 3.63) is 100 Å². The molecule has 0 aliphatic rings. The van der Waals surface area contributed by atoms with E-state index in [4.69, 9.17) is 0 Å². The molecule has 35 heavy (non-hydrogen) atoms. The molecule has 0 spiro atoms. The van der Waals surface area contributed by atoms with Gasteiger partial charge in [0.1, 0.15) is 6.33 Å². The first-order chi connectivity index (χ1) is 17.0. The van der Waals surface area contributed by atoms with Crippen LogP contribution in [-0.2, 0) is 11.3 Å². The normalized spacial score (nSPS) is 11.1. The molecular formula is C25H23N7O2S. The Hall–Kier alpha value is -4.18. The summed E-state index contributed by atoms with van der Waals surface area (Å²) in [5.74, 6) is 0.0197. The lowest BCUT2D eigenvalue weighted by atomic mass is 10.1. The first-order valence-electron chi connectivity index (χ1n) is 11.0. The molecule has 176 valence electrons. The molecule has 0 aliphatic heterocycles. The van der Waals surface area contributed by atoms with Gasteiger partial charge in [-0.05, 0) is 66.9 Å². The summed E-state index contributed by atoms with van der Waals surface area (Å²) in [4.78, 5) is 25.2. The van der Waals surface area contributed by atoms with Crippen LogP contribution in [0.5, 0.6) is 0 Å². The quantitative estimate of drug-likeness (QED) is 0.355. The summed E-state index contributed by atoms with van der Waals surface area (Å²) in [6.07, 6.45) is 3.34. The van der Waals surface area contributed by atoms with Gasteiger partial charge in [-0.1, -0.05) is 36.0 Å². The second kappa shape index (κ2) is 9.59. The molecule has 0 atom stereocenters. The molecule has 1 N–H and O–H groups in total. The molecule has 0 fully saturated rings. The van der Waals surface area contributed by atoms with Gasteiger partial charge in [0.25, 0.3) is 0 Å². The van der Waals surface area contributed by atoms with Gasteiger partial charge in [0.2, 0.25) is 5.91 Å². The number of pyridine rings is 1. The number of aryl methyl sites for hydroxylation is 2. The maximum absolute atomic E-state index is 12.6. The van der Waals surface area contributed by atoms with E-state index in [0.29, 0.717) is 23.0 Å². The van der Waals surface area contributed by atoms with E-state index in [1.165, 1.54) is 32.0 Å². The monoisotopic (exact) mass is 485 g/mol. The predicted molar refractivity (Wildman–Crippen MR) is 135 cm³/mol. The number of thioether (sulfide) groups is 1. The lowest BCUT2D eigenvalue weighted by Crippen LogP contribution is -2.21. The molecule has 2 aromatic carbocycles. The van der Waals surface area contributed by atoms with E-state index in [2.05, 4.69) is 46.6 Å². The molecule has 9 nitrogen and oxygen atoms in total. The fraction of sp³-hybridized carbons (Fsp3) is 0.160. The number of aromatic nitrogens is 6. The average molecular weight is 486 g/mol. The number of amides is 1. The third-order valence-corrected chi connectivity index (χ3v) is 6.59. The Morgan fingerprint density at radius 2 is 1.91 bits per heavy atom. The lowest BCUT2D eigenvalue weighted by molar-refractivity contribution is -0.113. The minimum Gasteiger partial charge on any atom is -0.325 e. The van der Waals surface area contributed by atoms with Crippen LogP contribution in [0.1, 0.15) is 16.7 Å². The molecule has 0 saturated carbocycles. The van der Waals surface area contributed by atoms with Crippen molar-refractivity contribution in [2.24, 2.45) is 0 Å². The van der Waals surface area contributed by atoms with Gasteiger partial charge in [-0.25, -0.2) is 9.48 Å². The number of carbonyl (C=O) groups excluding carboxylic acids is 1. The summed E-state index contributed by atoms with van der Waals surface area (Å²) >= 11 is 1.32. The molecule has 0 bridgehead atoms. The number of anilines is 1. The zero-order chi connectivity index (χ0) is 24.4. The fourth-order valence-corrected chi connectivity index (χ4v) is 4.42. The summed E-state index contributed by atoms with van der Waals surface area (Å²) in [5, 5.41) is 16.1. The highest BCUT2D eigenvalue weighted by Crippen LogP contribution is 2.22. The predicted octanol–water partition coefficient (Wildman–Crippen LogP) is 3.47. The minimum atomic E-state index is -0.209. The third-order valence-electron chi connectivity index (χ3n) is 5.65. The minimum absolute atomic E-state index is 0.160. The molecule has 0 radical (unpaired) electrons. The Labute approximate surface area is 205 Å². The molecule has 3 heterocycles. The Balaban J connectivity index is 1.24. The van der Waals surface area contributed by atoms with Crippen LogP contribution in [0.3, 0.4) is 0 Å². The summed E-state index contributed by atoms with van der Waals surface area (Å²) in [6, 6.07) is 18.9. The Morgan fingerprint density at radius 1 is 1.03 bits per heavy atom. The SMILES string of the molecule is Cc1ccc(-n2cnnc2SCC(=O)Nc2cccc(Cn3nc4ccccn4c3=O)c2)cc1C. The van der Waals surface area contributed by atoms with Crippen LogP contribution < -0.4 is 11.0 Å². The standard InChI is InChI=1S/C25H23N7O2S/c1-17-9-10-21(12-18(17)2)31-16-26-28-24(31)35-15-23(33)27-20-7-5-6-19(13-20)14-32-25(34)30-11-4-3-8-22(30)29-32/h3-13,16H,14-15H2,1-2H3,(H,27,33). The molecule has 0 unspecified atom stereocenters.